The van der Waals surface area contributed by atoms with Gasteiger partial charge in [0, 0.05) is 77.3 Å². The number of amides is 1. The number of benzene rings is 2. The van der Waals surface area contributed by atoms with Crippen LogP contribution < -0.4 is 5.32 Å². The average molecular weight is 817 g/mol. The van der Waals surface area contributed by atoms with E-state index in [9.17, 15) is 19.6 Å². The molecule has 13 heteroatoms. The maximum Gasteiger partial charge on any atom is 0.376 e. The highest BCUT2D eigenvalue weighted by atomic mass is 16.4. The molecule has 328 valence electrons. The number of hydrogen-bond acceptors (Lipinski definition) is 9. The van der Waals surface area contributed by atoms with Gasteiger partial charge >= 0.3 is 20.1 Å². The van der Waals surface area contributed by atoms with Crippen LogP contribution in [0.15, 0.2) is 60.7 Å². The van der Waals surface area contributed by atoms with Gasteiger partial charge < -0.3 is 35.0 Å². The first-order valence-corrected chi connectivity index (χ1v) is 22.5. The van der Waals surface area contributed by atoms with Crippen molar-refractivity contribution >= 4 is 26.0 Å². The molecule has 4 N–H and O–H groups in total. The van der Waals surface area contributed by atoms with Crippen LogP contribution in [0.3, 0.4) is 0 Å². The van der Waals surface area contributed by atoms with E-state index in [4.69, 9.17) is 5.11 Å². The van der Waals surface area contributed by atoms with Crippen LogP contribution in [0.2, 0.25) is 13.6 Å². The minimum atomic E-state index is -0.713. The third-order valence-corrected chi connectivity index (χ3v) is 12.9. The minimum Gasteiger partial charge on any atom is -0.481 e. The molecule has 0 spiro atoms. The number of carbonyl (C=O) groups excluding carboxylic acids is 1. The molecule has 4 aliphatic heterocycles. The van der Waals surface area contributed by atoms with E-state index < -0.39 is 13.0 Å². The van der Waals surface area contributed by atoms with Crippen molar-refractivity contribution in [1.82, 2.24) is 29.6 Å². The summed E-state index contributed by atoms with van der Waals surface area (Å²) < 4.78 is 0. The highest BCUT2D eigenvalue weighted by Crippen LogP contribution is 2.31. The number of carbonyl (C=O) groups is 2. The first-order valence-electron chi connectivity index (χ1n) is 22.5. The fourth-order valence-corrected chi connectivity index (χ4v) is 8.91. The molecule has 0 aromatic heterocycles. The van der Waals surface area contributed by atoms with E-state index in [1.54, 1.807) is 6.82 Å². The van der Waals surface area contributed by atoms with Gasteiger partial charge in [0.15, 0.2) is 0 Å². The lowest BCUT2D eigenvalue weighted by atomic mass is 9.80. The molecule has 4 aliphatic rings. The fourth-order valence-electron chi connectivity index (χ4n) is 8.91. The second-order valence-corrected chi connectivity index (χ2v) is 19.8. The molecule has 4 saturated heterocycles. The zero-order chi connectivity index (χ0) is 43.2. The lowest BCUT2D eigenvalue weighted by molar-refractivity contribution is -0.141. The SMILES string of the molecule is CB(O)N1CCC(CC(=O)N2CCN(Cc3ccccc3)C[C@@H]2C(C)(C)C)CC1.CB(O)N1CCC(CC(=O)O)CC1.CC(C)(C)[C@H]1CN(Cc2ccccc2)CCN1. The van der Waals surface area contributed by atoms with E-state index in [0.29, 0.717) is 35.6 Å². The molecule has 4 fully saturated rings. The predicted octanol–water partition coefficient (Wildman–Crippen LogP) is 5.75. The molecule has 0 radical (unpaired) electrons. The molecule has 0 saturated carbocycles. The maximum absolute atomic E-state index is 13.2. The molecular weight excluding hydrogens is 738 g/mol. The number of hydrogen-bond donors (Lipinski definition) is 4. The van der Waals surface area contributed by atoms with E-state index in [1.807, 2.05) is 11.6 Å². The van der Waals surface area contributed by atoms with Crippen molar-refractivity contribution in [2.75, 3.05) is 65.4 Å². The van der Waals surface area contributed by atoms with Crippen LogP contribution in [0, 0.1) is 22.7 Å². The number of piperazine rings is 2. The Morgan fingerprint density at radius 3 is 1.53 bits per heavy atom. The Hall–Kier alpha value is -2.77. The number of carboxylic acids is 1. The second kappa shape index (κ2) is 23.4. The molecule has 59 heavy (non-hydrogen) atoms. The summed E-state index contributed by atoms with van der Waals surface area (Å²) >= 11 is 0. The van der Waals surface area contributed by atoms with Crippen molar-refractivity contribution in [1.29, 1.82) is 0 Å². The highest BCUT2D eigenvalue weighted by molar-refractivity contribution is 6.45. The Labute approximate surface area is 358 Å². The Morgan fingerprint density at radius 2 is 1.10 bits per heavy atom. The van der Waals surface area contributed by atoms with E-state index in [-0.39, 0.29) is 24.9 Å². The van der Waals surface area contributed by atoms with E-state index in [2.05, 4.69) is 127 Å². The van der Waals surface area contributed by atoms with Crippen LogP contribution in [-0.2, 0) is 22.7 Å². The quantitative estimate of drug-likeness (QED) is 0.221. The largest absolute Gasteiger partial charge is 0.481 e. The molecule has 1 amide bonds. The Morgan fingerprint density at radius 1 is 0.644 bits per heavy atom. The Kier molecular flexibility index (Phi) is 19.4. The van der Waals surface area contributed by atoms with E-state index in [0.717, 1.165) is 104 Å². The molecular formula is C46H78B2N6O5. The average Bonchev–Trinajstić information content (AvgIpc) is 3.19. The van der Waals surface area contributed by atoms with Gasteiger partial charge in [0.05, 0.1) is 0 Å². The van der Waals surface area contributed by atoms with E-state index >= 15 is 0 Å². The van der Waals surface area contributed by atoms with Crippen molar-refractivity contribution < 1.29 is 24.7 Å². The van der Waals surface area contributed by atoms with Gasteiger partial charge in [-0.3, -0.25) is 19.4 Å². The zero-order valence-corrected chi connectivity index (χ0v) is 37.9. The van der Waals surface area contributed by atoms with Crippen LogP contribution >= 0.6 is 0 Å². The standard InChI is InChI=1S/C23H38BN3O2.C15H24N2.C8H16BNO3/c1-23(2,3)21-18-25(17-20-8-6-5-7-9-20)14-15-27(21)22(28)16-19-10-12-26(13-11-19)24(4)29;1-15(2,3)14-12-17(10-9-16-14)11-13-7-5-4-6-8-13;1-9(13)10-4-2-7(3-5-10)6-8(11)12/h5-9,19,21,29H,10-18H2,1-4H3;4-8,14,16H,9-12H2,1-3H3;7,13H,2-6H2,1H3,(H,11,12)/t21-;14-;/m11./s1. The summed E-state index contributed by atoms with van der Waals surface area (Å²) in [4.78, 5) is 35.0. The summed E-state index contributed by atoms with van der Waals surface area (Å²) in [7, 11) is -0.777. The van der Waals surface area contributed by atoms with Gasteiger partial charge in [0.2, 0.25) is 5.91 Å². The zero-order valence-electron chi connectivity index (χ0n) is 37.9. The van der Waals surface area contributed by atoms with Crippen LogP contribution in [0.1, 0.15) is 91.2 Å². The number of carboxylic acid groups (broad SMARTS) is 1. The lowest BCUT2D eigenvalue weighted by Gasteiger charge is -2.48. The number of rotatable bonds is 10. The molecule has 0 bridgehead atoms. The molecule has 11 nitrogen and oxygen atoms in total. The Balaban J connectivity index is 0.000000216. The molecule has 2 aromatic carbocycles. The van der Waals surface area contributed by atoms with Crippen LogP contribution in [0.4, 0.5) is 0 Å². The van der Waals surface area contributed by atoms with Crippen molar-refractivity contribution in [2.24, 2.45) is 22.7 Å². The summed E-state index contributed by atoms with van der Waals surface area (Å²) in [5.41, 5.74) is 3.16. The predicted molar refractivity (Wildman–Crippen MR) is 243 cm³/mol. The maximum atomic E-state index is 13.2. The van der Waals surface area contributed by atoms with Gasteiger partial charge in [0.1, 0.15) is 0 Å². The molecule has 6 rings (SSSR count). The smallest absolute Gasteiger partial charge is 0.376 e. The third-order valence-electron chi connectivity index (χ3n) is 12.9. The molecule has 0 aliphatic carbocycles. The lowest BCUT2D eigenvalue weighted by Crippen LogP contribution is -2.59. The third kappa shape index (κ3) is 16.9. The molecule has 2 aromatic rings. The topological polar surface area (TPSA) is 123 Å². The summed E-state index contributed by atoms with van der Waals surface area (Å²) in [6.45, 7) is 28.8. The first kappa shape index (κ1) is 48.9. The van der Waals surface area contributed by atoms with Gasteiger partial charge in [-0.15, -0.1) is 0 Å². The summed E-state index contributed by atoms with van der Waals surface area (Å²) in [5.74, 6) is 0.350. The first-order chi connectivity index (χ1) is 27.9. The van der Waals surface area contributed by atoms with Crippen LogP contribution in [-0.4, -0.2) is 143 Å². The second-order valence-electron chi connectivity index (χ2n) is 19.8. The summed E-state index contributed by atoms with van der Waals surface area (Å²) in [6.07, 6.45) is 4.70. The van der Waals surface area contributed by atoms with Crippen molar-refractivity contribution in [3.63, 3.8) is 0 Å². The van der Waals surface area contributed by atoms with Crippen LogP contribution in [0.25, 0.3) is 0 Å². The van der Waals surface area contributed by atoms with E-state index in [1.165, 1.54) is 11.1 Å². The van der Waals surface area contributed by atoms with Gasteiger partial charge in [-0.05, 0) is 99.3 Å². The number of nitrogens with zero attached hydrogens (tertiary/aromatic N) is 5. The van der Waals surface area contributed by atoms with Crippen molar-refractivity contribution in [3.8, 4) is 0 Å². The summed E-state index contributed by atoms with van der Waals surface area (Å²) in [5, 5.41) is 31.2. The monoisotopic (exact) mass is 817 g/mol. The van der Waals surface area contributed by atoms with Gasteiger partial charge in [-0.1, -0.05) is 102 Å². The Bertz CT molecular complexity index is 1510. The molecule has 2 atom stereocenters. The van der Waals surface area contributed by atoms with Gasteiger partial charge in [-0.25, -0.2) is 0 Å². The number of nitrogens with one attached hydrogen (secondary N) is 1. The minimum absolute atomic E-state index is 0.0563. The molecule has 0 unspecified atom stereocenters. The van der Waals surface area contributed by atoms with Crippen molar-refractivity contribution in [3.05, 3.63) is 71.8 Å². The van der Waals surface area contributed by atoms with Gasteiger partial charge in [-0.2, -0.15) is 0 Å². The number of piperidine rings is 2. The van der Waals surface area contributed by atoms with Crippen LogP contribution in [0.5, 0.6) is 0 Å². The van der Waals surface area contributed by atoms with Gasteiger partial charge in [0.25, 0.3) is 0 Å². The fraction of sp³-hybridized carbons (Fsp3) is 0.696. The summed E-state index contributed by atoms with van der Waals surface area (Å²) in [6, 6.07) is 22.2. The molecule has 4 heterocycles. The van der Waals surface area contributed by atoms with Crippen molar-refractivity contribution in [2.45, 2.75) is 119 Å². The highest BCUT2D eigenvalue weighted by Gasteiger charge is 2.39. The number of aliphatic carboxylic acids is 1. The normalized spacial score (nSPS) is 22.1.